The number of ether oxygens (including phenoxy) is 1. The molecule has 1 fully saturated rings. The van der Waals surface area contributed by atoms with Crippen molar-refractivity contribution in [3.8, 4) is 0 Å². The molecule has 1 aliphatic carbocycles. The minimum Gasteiger partial charge on any atom is -0.444 e. The molecule has 1 rings (SSSR count). The lowest BCUT2D eigenvalue weighted by Crippen LogP contribution is -2.54. The second kappa shape index (κ2) is 8.16. The summed E-state index contributed by atoms with van der Waals surface area (Å²) in [6.07, 6.45) is 1.67. The van der Waals surface area contributed by atoms with E-state index in [0.717, 1.165) is 25.9 Å². The van der Waals surface area contributed by atoms with Gasteiger partial charge in [-0.2, -0.15) is 0 Å². The van der Waals surface area contributed by atoms with E-state index in [2.05, 4.69) is 43.2 Å². The van der Waals surface area contributed by atoms with Crippen molar-refractivity contribution in [2.75, 3.05) is 13.1 Å². The molecule has 5 nitrogen and oxygen atoms in total. The molecule has 0 aromatic heterocycles. The number of nitrogens with zero attached hydrogens (tertiary/aromatic N) is 1. The fraction of sp³-hybridized carbons (Fsp3) is 0.941. The van der Waals surface area contributed by atoms with E-state index in [9.17, 15) is 4.79 Å². The van der Waals surface area contributed by atoms with Gasteiger partial charge in [-0.3, -0.25) is 4.90 Å². The van der Waals surface area contributed by atoms with Gasteiger partial charge in [-0.05, 0) is 61.3 Å². The van der Waals surface area contributed by atoms with Gasteiger partial charge in [-0.1, -0.05) is 0 Å². The van der Waals surface area contributed by atoms with Crippen LogP contribution in [0.25, 0.3) is 0 Å². The van der Waals surface area contributed by atoms with Gasteiger partial charge in [0.25, 0.3) is 0 Å². The van der Waals surface area contributed by atoms with Crippen molar-refractivity contribution in [3.05, 3.63) is 0 Å². The zero-order valence-electron chi connectivity index (χ0n) is 15.4. The number of amides is 1. The van der Waals surface area contributed by atoms with E-state index in [1.807, 2.05) is 20.8 Å². The van der Waals surface area contributed by atoms with Crippen LogP contribution >= 0.6 is 0 Å². The van der Waals surface area contributed by atoms with Crippen molar-refractivity contribution in [1.82, 2.24) is 15.5 Å². The summed E-state index contributed by atoms with van der Waals surface area (Å²) in [6.45, 7) is 16.7. The maximum absolute atomic E-state index is 11.7. The Bertz CT molecular complexity index is 336. The maximum Gasteiger partial charge on any atom is 0.407 e. The zero-order valence-corrected chi connectivity index (χ0v) is 15.4. The van der Waals surface area contributed by atoms with Crippen LogP contribution in [0.5, 0.6) is 0 Å². The number of hydrogen-bond donors (Lipinski definition) is 2. The Morgan fingerprint density at radius 2 is 1.68 bits per heavy atom. The molecule has 1 aliphatic rings. The molecule has 130 valence electrons. The van der Waals surface area contributed by atoms with Gasteiger partial charge in [-0.15, -0.1) is 0 Å². The number of hydrogen-bond acceptors (Lipinski definition) is 4. The van der Waals surface area contributed by atoms with Crippen molar-refractivity contribution >= 4 is 6.09 Å². The average molecular weight is 313 g/mol. The first-order valence-electron chi connectivity index (χ1n) is 8.57. The van der Waals surface area contributed by atoms with Gasteiger partial charge < -0.3 is 15.4 Å². The van der Waals surface area contributed by atoms with E-state index in [0.29, 0.717) is 18.1 Å². The fourth-order valence-corrected chi connectivity index (χ4v) is 2.89. The van der Waals surface area contributed by atoms with Crippen molar-refractivity contribution in [3.63, 3.8) is 0 Å². The predicted molar refractivity (Wildman–Crippen MR) is 91.2 cm³/mol. The quantitative estimate of drug-likeness (QED) is 0.759. The first kappa shape index (κ1) is 19.2. The van der Waals surface area contributed by atoms with Crippen LogP contribution in [0.2, 0.25) is 0 Å². The lowest BCUT2D eigenvalue weighted by Gasteiger charge is -2.38. The van der Waals surface area contributed by atoms with Gasteiger partial charge in [0.05, 0.1) is 0 Å². The van der Waals surface area contributed by atoms with Gasteiger partial charge in [0, 0.05) is 37.3 Å². The SMILES string of the molecule is CC(C)N(CCNC1CC(NC(=O)OC(C)(C)C)C1)C(C)C. The highest BCUT2D eigenvalue weighted by Gasteiger charge is 2.31. The highest BCUT2D eigenvalue weighted by atomic mass is 16.6. The minimum absolute atomic E-state index is 0.249. The lowest BCUT2D eigenvalue weighted by atomic mass is 9.87. The van der Waals surface area contributed by atoms with Crippen molar-refractivity contribution in [1.29, 1.82) is 0 Å². The van der Waals surface area contributed by atoms with Crippen LogP contribution < -0.4 is 10.6 Å². The Balaban J connectivity index is 2.14. The smallest absolute Gasteiger partial charge is 0.407 e. The third-order valence-corrected chi connectivity index (χ3v) is 3.99. The molecule has 0 unspecified atom stereocenters. The Kier molecular flexibility index (Phi) is 7.13. The van der Waals surface area contributed by atoms with E-state index in [1.165, 1.54) is 0 Å². The first-order valence-corrected chi connectivity index (χ1v) is 8.57. The van der Waals surface area contributed by atoms with Crippen LogP contribution in [0.1, 0.15) is 61.3 Å². The second-order valence-corrected chi connectivity index (χ2v) is 7.89. The molecule has 2 N–H and O–H groups in total. The summed E-state index contributed by atoms with van der Waals surface area (Å²) in [7, 11) is 0. The van der Waals surface area contributed by atoms with Crippen LogP contribution in [0, 0.1) is 0 Å². The van der Waals surface area contributed by atoms with Crippen molar-refractivity contribution in [2.24, 2.45) is 0 Å². The molecule has 5 heteroatoms. The standard InChI is InChI=1S/C17H35N3O2/c1-12(2)20(13(3)4)9-8-18-14-10-15(11-14)19-16(21)22-17(5,6)7/h12-15,18H,8-11H2,1-7H3,(H,19,21). The molecule has 0 spiro atoms. The van der Waals surface area contributed by atoms with Gasteiger partial charge in [0.15, 0.2) is 0 Å². The number of carbonyl (C=O) groups excluding carboxylic acids is 1. The largest absolute Gasteiger partial charge is 0.444 e. The van der Waals surface area contributed by atoms with Crippen LogP contribution in [0.3, 0.4) is 0 Å². The molecule has 0 bridgehead atoms. The van der Waals surface area contributed by atoms with Crippen LogP contribution in [0.15, 0.2) is 0 Å². The highest BCUT2D eigenvalue weighted by molar-refractivity contribution is 5.68. The Morgan fingerprint density at radius 3 is 2.14 bits per heavy atom. The molecule has 0 aromatic rings. The maximum atomic E-state index is 11.7. The summed E-state index contributed by atoms with van der Waals surface area (Å²) in [5.74, 6) is 0. The van der Waals surface area contributed by atoms with Crippen molar-refractivity contribution in [2.45, 2.75) is 91.1 Å². The average Bonchev–Trinajstić information content (AvgIpc) is 2.26. The van der Waals surface area contributed by atoms with Crippen LogP contribution in [-0.2, 0) is 4.74 Å². The van der Waals surface area contributed by atoms with Gasteiger partial charge in [0.1, 0.15) is 5.60 Å². The molecule has 1 saturated carbocycles. The molecule has 0 saturated heterocycles. The normalized spacial score (nSPS) is 22.1. The summed E-state index contributed by atoms with van der Waals surface area (Å²) in [5, 5.41) is 6.50. The van der Waals surface area contributed by atoms with E-state index >= 15 is 0 Å². The zero-order chi connectivity index (χ0) is 16.9. The highest BCUT2D eigenvalue weighted by Crippen LogP contribution is 2.20. The molecule has 0 heterocycles. The molecular formula is C17H35N3O2. The topological polar surface area (TPSA) is 53.6 Å². The minimum atomic E-state index is -0.428. The van der Waals surface area contributed by atoms with E-state index in [-0.39, 0.29) is 12.1 Å². The molecule has 0 atom stereocenters. The van der Waals surface area contributed by atoms with Gasteiger partial charge >= 0.3 is 6.09 Å². The van der Waals surface area contributed by atoms with E-state index < -0.39 is 5.60 Å². The summed E-state index contributed by atoms with van der Waals surface area (Å²) < 4.78 is 5.27. The monoisotopic (exact) mass is 313 g/mol. The summed E-state index contributed by atoms with van der Waals surface area (Å²) in [5.41, 5.74) is -0.428. The van der Waals surface area contributed by atoms with E-state index in [4.69, 9.17) is 4.74 Å². The second-order valence-electron chi connectivity index (χ2n) is 7.89. The third kappa shape index (κ3) is 6.97. The summed E-state index contributed by atoms with van der Waals surface area (Å²) in [4.78, 5) is 14.1. The van der Waals surface area contributed by atoms with Crippen LogP contribution in [0.4, 0.5) is 4.79 Å². The number of alkyl carbamates (subject to hydrolysis) is 1. The number of carbonyl (C=O) groups is 1. The van der Waals surface area contributed by atoms with Gasteiger partial charge in [0.2, 0.25) is 0 Å². The molecule has 0 aromatic carbocycles. The molecule has 0 aliphatic heterocycles. The number of nitrogens with one attached hydrogen (secondary N) is 2. The lowest BCUT2D eigenvalue weighted by molar-refractivity contribution is 0.0464. The Morgan fingerprint density at radius 1 is 1.14 bits per heavy atom. The summed E-state index contributed by atoms with van der Waals surface area (Å²) >= 11 is 0. The molecule has 0 radical (unpaired) electrons. The Hall–Kier alpha value is -0.810. The molecule has 22 heavy (non-hydrogen) atoms. The third-order valence-electron chi connectivity index (χ3n) is 3.99. The van der Waals surface area contributed by atoms with E-state index in [1.54, 1.807) is 0 Å². The number of rotatable bonds is 7. The Labute approximate surface area is 136 Å². The predicted octanol–water partition coefficient (Wildman–Crippen LogP) is 2.75. The van der Waals surface area contributed by atoms with Crippen molar-refractivity contribution < 1.29 is 9.53 Å². The summed E-state index contributed by atoms with van der Waals surface area (Å²) in [6, 6.07) is 1.91. The first-order chi connectivity index (χ1) is 10.1. The fourth-order valence-electron chi connectivity index (χ4n) is 2.89. The molecule has 1 amide bonds. The van der Waals surface area contributed by atoms with Crippen LogP contribution in [-0.4, -0.2) is 53.9 Å². The van der Waals surface area contributed by atoms with Gasteiger partial charge in [-0.25, -0.2) is 4.79 Å². The molecular weight excluding hydrogens is 278 g/mol.